The summed E-state index contributed by atoms with van der Waals surface area (Å²) in [6.45, 7) is 3.30. The average molecular weight is 343 g/mol. The lowest BCUT2D eigenvalue weighted by atomic mass is 10.1. The highest BCUT2D eigenvalue weighted by molar-refractivity contribution is 5.93. The Kier molecular flexibility index (Phi) is 6.19. The van der Waals surface area contributed by atoms with Crippen molar-refractivity contribution in [2.24, 2.45) is 5.92 Å². The summed E-state index contributed by atoms with van der Waals surface area (Å²) in [5.41, 5.74) is 1.48. The van der Waals surface area contributed by atoms with E-state index < -0.39 is 0 Å². The molecule has 1 atom stereocenters. The fourth-order valence-electron chi connectivity index (χ4n) is 3.12. The Labute approximate surface area is 148 Å². The molecule has 1 aliphatic heterocycles. The zero-order valence-electron chi connectivity index (χ0n) is 14.4. The minimum Gasteiger partial charge on any atom is -0.379 e. The van der Waals surface area contributed by atoms with Crippen molar-refractivity contribution in [3.05, 3.63) is 36.4 Å². The van der Waals surface area contributed by atoms with Gasteiger partial charge in [0.25, 0.3) is 0 Å². The Balaban J connectivity index is 1.43. The van der Waals surface area contributed by atoms with Gasteiger partial charge in [0.2, 0.25) is 11.8 Å². The van der Waals surface area contributed by atoms with Gasteiger partial charge in [-0.15, -0.1) is 0 Å². The summed E-state index contributed by atoms with van der Waals surface area (Å²) in [5, 5.41) is 5.79. The Morgan fingerprint density at radius 2 is 1.68 bits per heavy atom. The fraction of sp³-hybridized carbons (Fsp3) is 0.474. The predicted octanol–water partition coefficient (Wildman–Crippen LogP) is 2.25. The van der Waals surface area contributed by atoms with E-state index in [4.69, 9.17) is 4.74 Å². The van der Waals surface area contributed by atoms with Crippen LogP contribution in [0.5, 0.6) is 0 Å². The van der Waals surface area contributed by atoms with Crippen molar-refractivity contribution in [2.75, 3.05) is 43.5 Å². The van der Waals surface area contributed by atoms with Gasteiger partial charge in [0.15, 0.2) is 0 Å². The molecule has 2 amide bonds. The number of hydrogen-bond donors (Lipinski definition) is 2. The van der Waals surface area contributed by atoms with Crippen LogP contribution in [0.25, 0.3) is 0 Å². The number of carbonyl (C=O) groups excluding carboxylic acids is 2. The number of amides is 2. The highest BCUT2D eigenvalue weighted by Crippen LogP contribution is 2.21. The maximum absolute atomic E-state index is 12.1. The van der Waals surface area contributed by atoms with E-state index in [-0.39, 0.29) is 11.8 Å². The quantitative estimate of drug-likeness (QED) is 0.777. The summed E-state index contributed by atoms with van der Waals surface area (Å²) in [5.74, 6) is 0.353. The number of nitrogens with one attached hydrogen (secondary N) is 2. The first kappa shape index (κ1) is 17.6. The lowest BCUT2D eigenvalue weighted by Crippen LogP contribution is -2.41. The molecule has 1 aromatic carbocycles. The van der Waals surface area contributed by atoms with Crippen LogP contribution >= 0.6 is 0 Å². The summed E-state index contributed by atoms with van der Waals surface area (Å²) in [6, 6.07) is 7.24. The van der Waals surface area contributed by atoms with Gasteiger partial charge in [0.05, 0.1) is 19.8 Å². The monoisotopic (exact) mass is 343 g/mol. The van der Waals surface area contributed by atoms with Crippen molar-refractivity contribution in [3.63, 3.8) is 0 Å². The van der Waals surface area contributed by atoms with E-state index in [1.54, 1.807) is 0 Å². The molecule has 25 heavy (non-hydrogen) atoms. The first-order chi connectivity index (χ1) is 12.2. The molecular formula is C19H25N3O3. The van der Waals surface area contributed by atoms with Crippen LogP contribution in [0.2, 0.25) is 0 Å². The van der Waals surface area contributed by atoms with Crippen LogP contribution in [0.1, 0.15) is 19.3 Å². The highest BCUT2D eigenvalue weighted by atomic mass is 16.5. The normalized spacial score (nSPS) is 20.4. The molecule has 0 radical (unpaired) electrons. The predicted molar refractivity (Wildman–Crippen MR) is 97.4 cm³/mol. The SMILES string of the molecule is O=C(CC1C=CCC1)Nc1ccc(NC(=O)CN2CCOCC2)cc1. The first-order valence-electron chi connectivity index (χ1n) is 8.85. The first-order valence-corrected chi connectivity index (χ1v) is 8.85. The van der Waals surface area contributed by atoms with Crippen molar-refractivity contribution in [2.45, 2.75) is 19.3 Å². The zero-order valence-corrected chi connectivity index (χ0v) is 14.4. The summed E-state index contributed by atoms with van der Waals surface area (Å²) in [6.07, 6.45) is 6.89. The molecule has 1 aromatic rings. The maximum Gasteiger partial charge on any atom is 0.238 e. The molecule has 0 saturated carbocycles. The summed E-state index contributed by atoms with van der Waals surface area (Å²) < 4.78 is 5.27. The van der Waals surface area contributed by atoms with E-state index in [1.165, 1.54) is 0 Å². The van der Waals surface area contributed by atoms with Crippen molar-refractivity contribution in [1.82, 2.24) is 4.90 Å². The Morgan fingerprint density at radius 1 is 1.04 bits per heavy atom. The molecule has 0 aromatic heterocycles. The van der Waals surface area contributed by atoms with Crippen LogP contribution in [-0.4, -0.2) is 49.6 Å². The molecule has 6 heteroatoms. The van der Waals surface area contributed by atoms with Crippen LogP contribution < -0.4 is 10.6 Å². The van der Waals surface area contributed by atoms with Gasteiger partial charge in [-0.05, 0) is 43.0 Å². The molecule has 1 aliphatic carbocycles. The van der Waals surface area contributed by atoms with Gasteiger partial charge in [-0.1, -0.05) is 12.2 Å². The third-order valence-electron chi connectivity index (χ3n) is 4.48. The van der Waals surface area contributed by atoms with Crippen LogP contribution in [0.4, 0.5) is 11.4 Å². The maximum atomic E-state index is 12.1. The lowest BCUT2D eigenvalue weighted by molar-refractivity contribution is -0.118. The Hall–Kier alpha value is -2.18. The molecule has 134 valence electrons. The van der Waals surface area contributed by atoms with Crippen LogP contribution in [0.15, 0.2) is 36.4 Å². The Morgan fingerprint density at radius 3 is 2.28 bits per heavy atom. The largest absolute Gasteiger partial charge is 0.379 e. The van der Waals surface area contributed by atoms with Gasteiger partial charge >= 0.3 is 0 Å². The molecule has 1 saturated heterocycles. The Bertz CT molecular complexity index is 621. The van der Waals surface area contributed by atoms with Crippen LogP contribution in [0.3, 0.4) is 0 Å². The highest BCUT2D eigenvalue weighted by Gasteiger charge is 2.15. The molecule has 1 fully saturated rings. The number of ether oxygens (including phenoxy) is 1. The van der Waals surface area contributed by atoms with Crippen molar-refractivity contribution >= 4 is 23.2 Å². The van der Waals surface area contributed by atoms with Gasteiger partial charge < -0.3 is 15.4 Å². The zero-order chi connectivity index (χ0) is 17.5. The number of benzene rings is 1. The molecule has 0 spiro atoms. The second-order valence-electron chi connectivity index (χ2n) is 6.53. The molecule has 2 N–H and O–H groups in total. The standard InChI is InChI=1S/C19H25N3O3/c23-18(13-15-3-1-2-4-15)20-16-5-7-17(8-6-16)21-19(24)14-22-9-11-25-12-10-22/h1,3,5-8,15H,2,4,9-14H2,(H,20,23)(H,21,24). The topological polar surface area (TPSA) is 70.7 Å². The van der Waals surface area contributed by atoms with E-state index in [0.717, 1.165) is 37.3 Å². The van der Waals surface area contributed by atoms with E-state index in [0.29, 0.717) is 32.1 Å². The van der Waals surface area contributed by atoms with Gasteiger partial charge in [-0.3, -0.25) is 14.5 Å². The van der Waals surface area contributed by atoms with Crippen molar-refractivity contribution < 1.29 is 14.3 Å². The van der Waals surface area contributed by atoms with Crippen LogP contribution in [-0.2, 0) is 14.3 Å². The minimum atomic E-state index is -0.0355. The van der Waals surface area contributed by atoms with Crippen molar-refractivity contribution in [3.8, 4) is 0 Å². The third kappa shape index (κ3) is 5.69. The fourth-order valence-corrected chi connectivity index (χ4v) is 3.12. The number of nitrogens with zero attached hydrogens (tertiary/aromatic N) is 1. The van der Waals surface area contributed by atoms with E-state index in [9.17, 15) is 9.59 Å². The van der Waals surface area contributed by atoms with Gasteiger partial charge in [0.1, 0.15) is 0 Å². The molecule has 1 heterocycles. The number of carbonyl (C=O) groups is 2. The van der Waals surface area contributed by atoms with Gasteiger partial charge in [-0.25, -0.2) is 0 Å². The van der Waals surface area contributed by atoms with E-state index in [1.807, 2.05) is 24.3 Å². The molecule has 1 unspecified atom stereocenters. The number of allylic oxidation sites excluding steroid dienone is 2. The number of rotatable bonds is 6. The second kappa shape index (κ2) is 8.78. The molecule has 6 nitrogen and oxygen atoms in total. The summed E-state index contributed by atoms with van der Waals surface area (Å²) in [7, 11) is 0. The van der Waals surface area contributed by atoms with Gasteiger partial charge in [-0.2, -0.15) is 0 Å². The summed E-state index contributed by atoms with van der Waals surface area (Å²) >= 11 is 0. The minimum absolute atomic E-state index is 0.0284. The number of hydrogen-bond acceptors (Lipinski definition) is 4. The lowest BCUT2D eigenvalue weighted by Gasteiger charge is -2.25. The third-order valence-corrected chi connectivity index (χ3v) is 4.48. The molecule has 2 aliphatic rings. The average Bonchev–Trinajstić information content (AvgIpc) is 3.10. The van der Waals surface area contributed by atoms with Gasteiger partial charge in [0, 0.05) is 30.9 Å². The second-order valence-corrected chi connectivity index (χ2v) is 6.53. The molecular weight excluding hydrogens is 318 g/mol. The van der Waals surface area contributed by atoms with Crippen LogP contribution in [0, 0.1) is 5.92 Å². The number of anilines is 2. The smallest absolute Gasteiger partial charge is 0.238 e. The number of morpholine rings is 1. The van der Waals surface area contributed by atoms with E-state index >= 15 is 0 Å². The molecule has 0 bridgehead atoms. The van der Waals surface area contributed by atoms with Crippen molar-refractivity contribution in [1.29, 1.82) is 0 Å². The molecule has 3 rings (SSSR count). The van der Waals surface area contributed by atoms with E-state index in [2.05, 4.69) is 27.7 Å². The summed E-state index contributed by atoms with van der Waals surface area (Å²) in [4.78, 5) is 26.2.